The van der Waals surface area contributed by atoms with Crippen LogP contribution in [0.1, 0.15) is 42.4 Å². The first-order chi connectivity index (χ1) is 14.0. The van der Waals surface area contributed by atoms with Crippen molar-refractivity contribution in [3.8, 4) is 0 Å². The van der Waals surface area contributed by atoms with Crippen molar-refractivity contribution in [2.45, 2.75) is 32.4 Å². The van der Waals surface area contributed by atoms with Crippen LogP contribution in [-0.2, 0) is 4.79 Å². The Hall–Kier alpha value is -2.86. The van der Waals surface area contributed by atoms with E-state index in [-0.39, 0.29) is 29.7 Å². The standard InChI is InChI=1S/C23H21BrN2O3/c1-15-14-20(26(16(2)27)17-8-4-3-5-9-17)18-10-6-7-11-19(18)25(15)23(28)21-12-13-22(24)29-21/h3-13,15,20H,14H2,1-2H3/t15-,20+/m0/s1. The summed E-state index contributed by atoms with van der Waals surface area (Å²) in [6.45, 7) is 3.58. The molecule has 0 spiro atoms. The van der Waals surface area contributed by atoms with Crippen molar-refractivity contribution in [1.82, 2.24) is 0 Å². The number of nitrogens with zero attached hydrogens (tertiary/aromatic N) is 2. The molecule has 0 aliphatic carbocycles. The number of hydrogen-bond acceptors (Lipinski definition) is 3. The molecule has 1 aromatic heterocycles. The number of halogens is 1. The zero-order chi connectivity index (χ0) is 20.5. The molecule has 2 atom stereocenters. The Morgan fingerprint density at radius 2 is 1.72 bits per heavy atom. The zero-order valence-electron chi connectivity index (χ0n) is 16.2. The van der Waals surface area contributed by atoms with Gasteiger partial charge < -0.3 is 14.2 Å². The number of carbonyl (C=O) groups excluding carboxylic acids is 2. The molecule has 3 aromatic rings. The molecule has 1 aliphatic heterocycles. The monoisotopic (exact) mass is 452 g/mol. The van der Waals surface area contributed by atoms with Gasteiger partial charge in [0.15, 0.2) is 10.4 Å². The molecule has 2 aromatic carbocycles. The summed E-state index contributed by atoms with van der Waals surface area (Å²) in [4.78, 5) is 29.4. The quantitative estimate of drug-likeness (QED) is 0.521. The lowest BCUT2D eigenvalue weighted by Gasteiger charge is -2.43. The van der Waals surface area contributed by atoms with E-state index in [4.69, 9.17) is 4.42 Å². The molecular formula is C23H21BrN2O3. The summed E-state index contributed by atoms with van der Waals surface area (Å²) in [6, 6.07) is 20.5. The van der Waals surface area contributed by atoms with Crippen molar-refractivity contribution in [3.63, 3.8) is 0 Å². The Labute approximate surface area is 178 Å². The van der Waals surface area contributed by atoms with E-state index in [1.807, 2.05) is 66.4 Å². The number of furan rings is 1. The summed E-state index contributed by atoms with van der Waals surface area (Å²) in [5.74, 6) is 0.0598. The van der Waals surface area contributed by atoms with E-state index in [2.05, 4.69) is 15.9 Å². The topological polar surface area (TPSA) is 53.8 Å². The maximum Gasteiger partial charge on any atom is 0.294 e. The number of fused-ring (bicyclic) bond motifs is 1. The number of hydrogen-bond donors (Lipinski definition) is 0. The number of para-hydroxylation sites is 2. The van der Waals surface area contributed by atoms with Crippen LogP contribution < -0.4 is 9.80 Å². The van der Waals surface area contributed by atoms with Gasteiger partial charge in [-0.05, 0) is 65.2 Å². The highest BCUT2D eigenvalue weighted by atomic mass is 79.9. The molecule has 2 heterocycles. The second-order valence-corrected chi connectivity index (χ2v) is 7.94. The Kier molecular flexibility index (Phi) is 5.28. The lowest BCUT2D eigenvalue weighted by atomic mass is 9.89. The lowest BCUT2D eigenvalue weighted by molar-refractivity contribution is -0.117. The number of carbonyl (C=O) groups is 2. The number of benzene rings is 2. The van der Waals surface area contributed by atoms with Crippen LogP contribution in [-0.4, -0.2) is 17.9 Å². The first-order valence-corrected chi connectivity index (χ1v) is 10.3. The third kappa shape index (κ3) is 3.60. The van der Waals surface area contributed by atoms with Gasteiger partial charge in [-0.25, -0.2) is 0 Å². The summed E-state index contributed by atoms with van der Waals surface area (Å²) < 4.78 is 6.02. The first-order valence-electron chi connectivity index (χ1n) is 9.50. The summed E-state index contributed by atoms with van der Waals surface area (Å²) in [5, 5.41) is 0. The van der Waals surface area contributed by atoms with Crippen LogP contribution in [0.4, 0.5) is 11.4 Å². The highest BCUT2D eigenvalue weighted by molar-refractivity contribution is 9.10. The van der Waals surface area contributed by atoms with E-state index in [0.717, 1.165) is 16.9 Å². The molecule has 1 aliphatic rings. The Bertz CT molecular complexity index is 1050. The van der Waals surface area contributed by atoms with Crippen molar-refractivity contribution in [2.24, 2.45) is 0 Å². The molecule has 2 amide bonds. The minimum atomic E-state index is -0.191. The van der Waals surface area contributed by atoms with Crippen LogP contribution in [0.2, 0.25) is 0 Å². The molecule has 29 heavy (non-hydrogen) atoms. The fourth-order valence-corrected chi connectivity index (χ4v) is 4.36. The van der Waals surface area contributed by atoms with Crippen molar-refractivity contribution in [2.75, 3.05) is 9.80 Å². The van der Waals surface area contributed by atoms with Crippen LogP contribution >= 0.6 is 15.9 Å². The smallest absolute Gasteiger partial charge is 0.294 e. The first kappa shape index (κ1) is 19.5. The third-order valence-electron chi connectivity index (χ3n) is 5.25. The zero-order valence-corrected chi connectivity index (χ0v) is 17.8. The largest absolute Gasteiger partial charge is 0.444 e. The molecule has 6 heteroatoms. The van der Waals surface area contributed by atoms with Crippen LogP contribution in [0.3, 0.4) is 0 Å². The van der Waals surface area contributed by atoms with Crippen LogP contribution in [0.15, 0.2) is 75.8 Å². The summed E-state index contributed by atoms with van der Waals surface area (Å²) in [5.41, 5.74) is 2.60. The molecule has 4 rings (SSSR count). The molecular weight excluding hydrogens is 432 g/mol. The fourth-order valence-electron chi connectivity index (χ4n) is 4.05. The Morgan fingerprint density at radius 1 is 1.03 bits per heavy atom. The second kappa shape index (κ2) is 7.87. The molecule has 5 nitrogen and oxygen atoms in total. The van der Waals surface area contributed by atoms with Crippen molar-refractivity contribution in [1.29, 1.82) is 0 Å². The van der Waals surface area contributed by atoms with Crippen molar-refractivity contribution < 1.29 is 14.0 Å². The summed E-state index contributed by atoms with van der Waals surface area (Å²) >= 11 is 3.26. The Morgan fingerprint density at radius 3 is 2.38 bits per heavy atom. The molecule has 0 N–H and O–H groups in total. The average Bonchev–Trinajstić information content (AvgIpc) is 3.15. The van der Waals surface area contributed by atoms with Gasteiger partial charge in [-0.15, -0.1) is 0 Å². The van der Waals surface area contributed by atoms with Crippen LogP contribution in [0.25, 0.3) is 0 Å². The van der Waals surface area contributed by atoms with E-state index in [0.29, 0.717) is 11.1 Å². The van der Waals surface area contributed by atoms with E-state index in [1.54, 1.807) is 24.0 Å². The maximum absolute atomic E-state index is 13.2. The van der Waals surface area contributed by atoms with E-state index in [9.17, 15) is 9.59 Å². The highest BCUT2D eigenvalue weighted by Crippen LogP contribution is 2.42. The van der Waals surface area contributed by atoms with Gasteiger partial charge in [0.2, 0.25) is 5.91 Å². The van der Waals surface area contributed by atoms with E-state index >= 15 is 0 Å². The SMILES string of the molecule is CC(=O)N(c1ccccc1)[C@@H]1C[C@H](C)N(C(=O)c2ccc(Br)o2)c2ccccc21. The second-order valence-electron chi connectivity index (χ2n) is 7.16. The predicted molar refractivity (Wildman–Crippen MR) is 116 cm³/mol. The van der Waals surface area contributed by atoms with Crippen LogP contribution in [0, 0.1) is 0 Å². The van der Waals surface area contributed by atoms with Gasteiger partial charge in [-0.2, -0.15) is 0 Å². The number of rotatable bonds is 3. The van der Waals surface area contributed by atoms with Gasteiger partial charge in [0.05, 0.1) is 6.04 Å². The van der Waals surface area contributed by atoms with Gasteiger partial charge in [0, 0.05) is 24.3 Å². The predicted octanol–water partition coefficient (Wildman–Crippen LogP) is 5.58. The van der Waals surface area contributed by atoms with Gasteiger partial charge in [-0.3, -0.25) is 9.59 Å². The molecule has 0 saturated carbocycles. The van der Waals surface area contributed by atoms with Gasteiger partial charge in [0.25, 0.3) is 5.91 Å². The lowest BCUT2D eigenvalue weighted by Crippen LogP contribution is -2.47. The minimum Gasteiger partial charge on any atom is -0.444 e. The fraction of sp³-hybridized carbons (Fsp3) is 0.217. The molecule has 0 bridgehead atoms. The third-order valence-corrected chi connectivity index (χ3v) is 5.67. The van der Waals surface area contributed by atoms with E-state index < -0.39 is 0 Å². The minimum absolute atomic E-state index is 0.0297. The van der Waals surface area contributed by atoms with Crippen LogP contribution in [0.5, 0.6) is 0 Å². The molecule has 0 unspecified atom stereocenters. The van der Waals surface area contributed by atoms with Crippen molar-refractivity contribution >= 4 is 39.1 Å². The molecule has 0 fully saturated rings. The van der Waals surface area contributed by atoms with E-state index in [1.165, 1.54) is 0 Å². The maximum atomic E-state index is 13.2. The average molecular weight is 453 g/mol. The van der Waals surface area contributed by atoms with Gasteiger partial charge in [-0.1, -0.05) is 36.4 Å². The number of anilines is 2. The van der Waals surface area contributed by atoms with Crippen molar-refractivity contribution in [3.05, 3.63) is 82.7 Å². The van der Waals surface area contributed by atoms with Gasteiger partial charge >= 0.3 is 0 Å². The summed E-state index contributed by atoms with van der Waals surface area (Å²) in [7, 11) is 0. The summed E-state index contributed by atoms with van der Waals surface area (Å²) in [6.07, 6.45) is 0.624. The molecule has 0 radical (unpaired) electrons. The normalized spacial score (nSPS) is 18.2. The van der Waals surface area contributed by atoms with Gasteiger partial charge in [0.1, 0.15) is 0 Å². The highest BCUT2D eigenvalue weighted by Gasteiger charge is 2.38. The Balaban J connectivity index is 1.78. The molecule has 148 valence electrons. The molecule has 0 saturated heterocycles. The number of amides is 2.